The number of aryl methyl sites for hydroxylation is 1. The summed E-state index contributed by atoms with van der Waals surface area (Å²) < 4.78 is 1.86. The second kappa shape index (κ2) is 5.13. The molecule has 2 N–H and O–H groups in total. The maximum absolute atomic E-state index is 5.90. The Morgan fingerprint density at radius 2 is 1.90 bits per heavy atom. The number of hydrogen-bond acceptors (Lipinski definition) is 4. The second-order valence-electron chi connectivity index (χ2n) is 4.45. The van der Waals surface area contributed by atoms with Gasteiger partial charge in [-0.1, -0.05) is 30.3 Å². The van der Waals surface area contributed by atoms with Gasteiger partial charge in [-0.3, -0.25) is 4.68 Å². The van der Waals surface area contributed by atoms with Crippen LogP contribution in [-0.2, 0) is 6.54 Å². The van der Waals surface area contributed by atoms with Gasteiger partial charge in [-0.15, -0.1) is 0 Å². The molecule has 0 amide bonds. The Morgan fingerprint density at radius 1 is 1.10 bits per heavy atom. The van der Waals surface area contributed by atoms with Gasteiger partial charge in [0, 0.05) is 29.9 Å². The normalized spacial score (nSPS) is 10.7. The van der Waals surface area contributed by atoms with Crippen molar-refractivity contribution in [2.45, 2.75) is 13.5 Å². The lowest BCUT2D eigenvalue weighted by Crippen LogP contribution is -1.97. The second-order valence-corrected chi connectivity index (χ2v) is 4.45. The predicted octanol–water partition coefficient (Wildman–Crippen LogP) is 2.61. The van der Waals surface area contributed by atoms with Crippen LogP contribution in [0.4, 0.5) is 5.82 Å². The van der Waals surface area contributed by atoms with E-state index in [0.29, 0.717) is 11.6 Å². The van der Waals surface area contributed by atoms with Crippen molar-refractivity contribution >= 4 is 5.82 Å². The summed E-state index contributed by atoms with van der Waals surface area (Å²) in [5, 5.41) is 4.26. The number of hydrogen-bond donors (Lipinski definition) is 1. The zero-order valence-electron chi connectivity index (χ0n) is 11.2. The lowest BCUT2D eigenvalue weighted by atomic mass is 10.2. The highest BCUT2D eigenvalue weighted by Crippen LogP contribution is 2.22. The molecule has 0 aliphatic rings. The van der Waals surface area contributed by atoms with Crippen LogP contribution in [0.3, 0.4) is 0 Å². The van der Waals surface area contributed by atoms with Crippen molar-refractivity contribution in [1.82, 2.24) is 19.7 Å². The first kappa shape index (κ1) is 12.3. The van der Waals surface area contributed by atoms with Crippen LogP contribution in [0.5, 0.6) is 0 Å². The summed E-state index contributed by atoms with van der Waals surface area (Å²) in [5.41, 5.74) is 8.57. The summed E-state index contributed by atoms with van der Waals surface area (Å²) in [4.78, 5) is 8.87. The third-order valence-electron chi connectivity index (χ3n) is 3.03. The zero-order valence-corrected chi connectivity index (χ0v) is 11.2. The minimum Gasteiger partial charge on any atom is -0.384 e. The van der Waals surface area contributed by atoms with Gasteiger partial charge in [-0.05, 0) is 6.92 Å². The van der Waals surface area contributed by atoms with E-state index in [1.807, 2.05) is 48.1 Å². The quantitative estimate of drug-likeness (QED) is 0.790. The summed E-state index contributed by atoms with van der Waals surface area (Å²) in [6.07, 6.45) is 3.75. The van der Waals surface area contributed by atoms with Gasteiger partial charge >= 0.3 is 0 Å². The molecule has 3 aromatic rings. The van der Waals surface area contributed by atoms with Crippen LogP contribution >= 0.6 is 0 Å². The van der Waals surface area contributed by atoms with Gasteiger partial charge in [0.15, 0.2) is 5.82 Å². The topological polar surface area (TPSA) is 69.6 Å². The number of nitrogens with two attached hydrogens (primary N) is 1. The standard InChI is InChI=1S/C15H15N5/c1-2-20-10-12(9-17-20)13-8-14(16)19-15(18-13)11-6-4-3-5-7-11/h3-10H,2H2,1H3,(H2,16,18,19). The van der Waals surface area contributed by atoms with Crippen molar-refractivity contribution in [3.63, 3.8) is 0 Å². The number of anilines is 1. The van der Waals surface area contributed by atoms with Gasteiger partial charge < -0.3 is 5.73 Å². The van der Waals surface area contributed by atoms with Gasteiger partial charge in [-0.2, -0.15) is 5.10 Å². The first-order valence-corrected chi connectivity index (χ1v) is 6.49. The molecule has 0 bridgehead atoms. The van der Waals surface area contributed by atoms with E-state index in [-0.39, 0.29) is 0 Å². The molecule has 0 radical (unpaired) electrons. The van der Waals surface area contributed by atoms with Crippen molar-refractivity contribution < 1.29 is 0 Å². The molecule has 0 spiro atoms. The molecule has 0 saturated heterocycles. The van der Waals surface area contributed by atoms with Crippen LogP contribution in [0.25, 0.3) is 22.6 Å². The smallest absolute Gasteiger partial charge is 0.162 e. The highest BCUT2D eigenvalue weighted by Gasteiger charge is 2.08. The maximum Gasteiger partial charge on any atom is 0.162 e. The molecule has 0 saturated carbocycles. The molecular formula is C15H15N5. The minimum atomic E-state index is 0.457. The van der Waals surface area contributed by atoms with Gasteiger partial charge in [-0.25, -0.2) is 9.97 Å². The molecule has 0 fully saturated rings. The fourth-order valence-corrected chi connectivity index (χ4v) is 2.00. The lowest BCUT2D eigenvalue weighted by molar-refractivity contribution is 0.660. The molecule has 100 valence electrons. The Labute approximate surface area is 117 Å². The number of aromatic nitrogens is 4. The molecule has 0 aliphatic heterocycles. The lowest BCUT2D eigenvalue weighted by Gasteiger charge is -2.04. The van der Waals surface area contributed by atoms with E-state index < -0.39 is 0 Å². The molecule has 2 heterocycles. The number of benzene rings is 1. The molecule has 5 nitrogen and oxygen atoms in total. The third-order valence-corrected chi connectivity index (χ3v) is 3.03. The molecule has 2 aromatic heterocycles. The van der Waals surface area contributed by atoms with E-state index in [4.69, 9.17) is 5.73 Å². The van der Waals surface area contributed by atoms with Crippen LogP contribution in [0.2, 0.25) is 0 Å². The van der Waals surface area contributed by atoms with Crippen molar-refractivity contribution in [3.8, 4) is 22.6 Å². The molecule has 1 aromatic carbocycles. The van der Waals surface area contributed by atoms with E-state index in [1.54, 1.807) is 12.3 Å². The third kappa shape index (κ3) is 2.38. The van der Waals surface area contributed by atoms with Gasteiger partial charge in [0.1, 0.15) is 5.82 Å². The van der Waals surface area contributed by atoms with Crippen LogP contribution in [0.1, 0.15) is 6.92 Å². The maximum atomic E-state index is 5.90. The average molecular weight is 265 g/mol. The number of nitrogens with zero attached hydrogens (tertiary/aromatic N) is 4. The summed E-state index contributed by atoms with van der Waals surface area (Å²) in [6.45, 7) is 2.87. The first-order chi connectivity index (χ1) is 9.76. The minimum absolute atomic E-state index is 0.457. The van der Waals surface area contributed by atoms with E-state index in [1.165, 1.54) is 0 Å². The van der Waals surface area contributed by atoms with Gasteiger partial charge in [0.25, 0.3) is 0 Å². The monoisotopic (exact) mass is 265 g/mol. The Morgan fingerprint density at radius 3 is 2.60 bits per heavy atom. The highest BCUT2D eigenvalue weighted by molar-refractivity contribution is 5.65. The van der Waals surface area contributed by atoms with Gasteiger partial charge in [0.05, 0.1) is 11.9 Å². The molecule has 5 heteroatoms. The average Bonchev–Trinajstić information content (AvgIpc) is 2.96. The van der Waals surface area contributed by atoms with E-state index in [9.17, 15) is 0 Å². The Balaban J connectivity index is 2.07. The largest absolute Gasteiger partial charge is 0.384 e. The molecular weight excluding hydrogens is 250 g/mol. The highest BCUT2D eigenvalue weighted by atomic mass is 15.3. The van der Waals surface area contributed by atoms with Gasteiger partial charge in [0.2, 0.25) is 0 Å². The fraction of sp³-hybridized carbons (Fsp3) is 0.133. The van der Waals surface area contributed by atoms with E-state index >= 15 is 0 Å². The summed E-state index contributed by atoms with van der Waals surface area (Å²) >= 11 is 0. The molecule has 0 aliphatic carbocycles. The Kier molecular flexibility index (Phi) is 3.16. The molecule has 0 atom stereocenters. The SMILES string of the molecule is CCn1cc(-c2cc(N)nc(-c3ccccc3)n2)cn1. The summed E-state index contributed by atoms with van der Waals surface area (Å²) in [7, 11) is 0. The molecule has 3 rings (SSSR count). The zero-order chi connectivity index (χ0) is 13.9. The van der Waals surface area contributed by atoms with Crippen molar-refractivity contribution in [3.05, 3.63) is 48.8 Å². The molecule has 20 heavy (non-hydrogen) atoms. The van der Waals surface area contributed by atoms with Crippen molar-refractivity contribution in [2.75, 3.05) is 5.73 Å². The van der Waals surface area contributed by atoms with Crippen molar-refractivity contribution in [2.24, 2.45) is 0 Å². The van der Waals surface area contributed by atoms with Crippen LogP contribution in [-0.4, -0.2) is 19.7 Å². The fourth-order valence-electron chi connectivity index (χ4n) is 2.00. The van der Waals surface area contributed by atoms with Crippen LogP contribution in [0.15, 0.2) is 48.8 Å². The first-order valence-electron chi connectivity index (χ1n) is 6.49. The van der Waals surface area contributed by atoms with Crippen LogP contribution < -0.4 is 5.73 Å². The Hall–Kier alpha value is -2.69. The number of rotatable bonds is 3. The summed E-state index contributed by atoms with van der Waals surface area (Å²) in [5.74, 6) is 1.09. The van der Waals surface area contributed by atoms with Crippen LogP contribution in [0, 0.1) is 0 Å². The Bertz CT molecular complexity index is 718. The summed E-state index contributed by atoms with van der Waals surface area (Å²) in [6, 6.07) is 11.6. The molecule has 0 unspecified atom stereocenters. The van der Waals surface area contributed by atoms with Crippen molar-refractivity contribution in [1.29, 1.82) is 0 Å². The van der Waals surface area contributed by atoms with E-state index in [0.717, 1.165) is 23.4 Å². The predicted molar refractivity (Wildman–Crippen MR) is 78.8 cm³/mol. The number of nitrogen functional groups attached to an aromatic ring is 1. The van der Waals surface area contributed by atoms with E-state index in [2.05, 4.69) is 15.1 Å².